The van der Waals surface area contributed by atoms with Crippen LogP contribution in [-0.4, -0.2) is 4.92 Å². The van der Waals surface area contributed by atoms with Crippen molar-refractivity contribution in [2.45, 2.75) is 6.54 Å². The van der Waals surface area contributed by atoms with Crippen molar-refractivity contribution in [3.63, 3.8) is 0 Å². The molecule has 0 radical (unpaired) electrons. The Kier molecular flexibility index (Phi) is 4.57. The second-order valence-electron chi connectivity index (χ2n) is 4.01. The van der Waals surface area contributed by atoms with Gasteiger partial charge in [0, 0.05) is 27.7 Å². The fourth-order valence-electron chi connectivity index (χ4n) is 1.68. The third kappa shape index (κ3) is 3.46. The van der Waals surface area contributed by atoms with Crippen LogP contribution in [0.25, 0.3) is 0 Å². The van der Waals surface area contributed by atoms with Crippen molar-refractivity contribution in [3.05, 3.63) is 67.4 Å². The summed E-state index contributed by atoms with van der Waals surface area (Å²) in [5, 5.41) is 14.1. The van der Waals surface area contributed by atoms with Gasteiger partial charge in [0.1, 0.15) is 11.5 Å². The molecule has 0 heterocycles. The summed E-state index contributed by atoms with van der Waals surface area (Å²) in [7, 11) is 0. The maximum Gasteiger partial charge on any atom is 0.292 e. The summed E-state index contributed by atoms with van der Waals surface area (Å²) in [5.41, 5.74) is 0.542. The van der Waals surface area contributed by atoms with E-state index in [1.807, 2.05) is 0 Å². The molecule has 0 aliphatic carbocycles. The van der Waals surface area contributed by atoms with Crippen molar-refractivity contribution < 1.29 is 9.31 Å². The molecule has 0 unspecified atom stereocenters. The van der Waals surface area contributed by atoms with E-state index in [2.05, 4.69) is 21.2 Å². The first-order valence-corrected chi connectivity index (χ1v) is 6.76. The lowest BCUT2D eigenvalue weighted by Crippen LogP contribution is -2.04. The van der Waals surface area contributed by atoms with E-state index in [0.29, 0.717) is 10.6 Å². The molecular formula is C13H9BrClFN2O2. The highest BCUT2D eigenvalue weighted by atomic mass is 79.9. The van der Waals surface area contributed by atoms with Gasteiger partial charge in [-0.15, -0.1) is 0 Å². The molecule has 4 nitrogen and oxygen atoms in total. The van der Waals surface area contributed by atoms with Crippen LogP contribution < -0.4 is 5.32 Å². The van der Waals surface area contributed by atoms with Gasteiger partial charge in [-0.25, -0.2) is 4.39 Å². The van der Waals surface area contributed by atoms with Crippen molar-refractivity contribution in [1.82, 2.24) is 0 Å². The molecule has 0 saturated carbocycles. The number of hydrogen-bond acceptors (Lipinski definition) is 3. The number of nitrogens with one attached hydrogen (secondary N) is 1. The topological polar surface area (TPSA) is 55.2 Å². The average molecular weight is 360 g/mol. The van der Waals surface area contributed by atoms with Gasteiger partial charge in [-0.2, -0.15) is 0 Å². The summed E-state index contributed by atoms with van der Waals surface area (Å²) in [5.74, 6) is -0.384. The number of nitro benzene ring substituents is 1. The highest BCUT2D eigenvalue weighted by Gasteiger charge is 2.14. The molecule has 0 atom stereocenters. The molecule has 2 aromatic carbocycles. The summed E-state index contributed by atoms with van der Waals surface area (Å²) >= 11 is 9.06. The van der Waals surface area contributed by atoms with Crippen LogP contribution in [0.2, 0.25) is 5.02 Å². The predicted molar refractivity (Wildman–Crippen MR) is 79.5 cm³/mol. The van der Waals surface area contributed by atoms with E-state index in [9.17, 15) is 14.5 Å². The summed E-state index contributed by atoms with van der Waals surface area (Å²) in [4.78, 5) is 10.4. The van der Waals surface area contributed by atoms with Gasteiger partial charge in [-0.05, 0) is 30.3 Å². The van der Waals surface area contributed by atoms with Gasteiger partial charge in [0.05, 0.1) is 4.92 Å². The van der Waals surface area contributed by atoms with Crippen molar-refractivity contribution in [2.24, 2.45) is 0 Å². The molecule has 1 N–H and O–H groups in total. The normalized spacial score (nSPS) is 10.3. The van der Waals surface area contributed by atoms with E-state index in [-0.39, 0.29) is 23.7 Å². The Balaban J connectivity index is 2.24. The monoisotopic (exact) mass is 358 g/mol. The van der Waals surface area contributed by atoms with Crippen LogP contribution in [0.5, 0.6) is 0 Å². The second-order valence-corrected chi connectivity index (χ2v) is 5.36. The Bertz CT molecular complexity index is 667. The van der Waals surface area contributed by atoms with Crippen LogP contribution in [0.1, 0.15) is 5.56 Å². The smallest absolute Gasteiger partial charge is 0.292 e. The first-order chi connectivity index (χ1) is 9.47. The number of halogens is 3. The predicted octanol–water partition coefficient (Wildman–Crippen LogP) is 4.76. The molecule has 0 amide bonds. The molecule has 20 heavy (non-hydrogen) atoms. The summed E-state index contributed by atoms with van der Waals surface area (Å²) in [6.45, 7) is 0.118. The van der Waals surface area contributed by atoms with Gasteiger partial charge in [0.15, 0.2) is 0 Å². The maximum atomic E-state index is 13.6. The Morgan fingerprint density at radius 3 is 2.75 bits per heavy atom. The SMILES string of the molecule is O=[N+]([O-])c1ccc(Cl)cc1NCc1cc(Br)ccc1F. The molecule has 104 valence electrons. The Labute approximate surface area is 127 Å². The molecule has 0 bridgehead atoms. The molecule has 2 aromatic rings. The molecule has 0 aliphatic rings. The van der Waals surface area contributed by atoms with Crippen LogP contribution in [0.15, 0.2) is 40.9 Å². The molecule has 0 aliphatic heterocycles. The largest absolute Gasteiger partial charge is 0.375 e. The van der Waals surface area contributed by atoms with E-state index in [4.69, 9.17) is 11.6 Å². The molecule has 0 fully saturated rings. The van der Waals surface area contributed by atoms with Crippen LogP contribution in [0.4, 0.5) is 15.8 Å². The standard InChI is InChI=1S/C13H9BrClFN2O2/c14-9-1-3-11(16)8(5-9)7-17-12-6-10(15)2-4-13(12)18(19)20/h1-6,17H,7H2. The molecular weight excluding hydrogens is 351 g/mol. The first-order valence-electron chi connectivity index (χ1n) is 5.59. The minimum absolute atomic E-state index is 0.107. The number of rotatable bonds is 4. The van der Waals surface area contributed by atoms with Crippen LogP contribution in [-0.2, 0) is 6.54 Å². The van der Waals surface area contributed by atoms with Crippen molar-refractivity contribution in [2.75, 3.05) is 5.32 Å². The zero-order valence-electron chi connectivity index (χ0n) is 10.1. The molecule has 0 saturated heterocycles. The molecule has 0 spiro atoms. The Morgan fingerprint density at radius 1 is 1.30 bits per heavy atom. The van der Waals surface area contributed by atoms with Crippen molar-refractivity contribution >= 4 is 38.9 Å². The number of nitro groups is 1. The van der Waals surface area contributed by atoms with E-state index >= 15 is 0 Å². The zero-order chi connectivity index (χ0) is 14.7. The second kappa shape index (κ2) is 6.19. The summed E-state index contributed by atoms with van der Waals surface area (Å²) in [6.07, 6.45) is 0. The van der Waals surface area contributed by atoms with Crippen LogP contribution in [0, 0.1) is 15.9 Å². The molecule has 2 rings (SSSR count). The average Bonchev–Trinajstić information content (AvgIpc) is 2.39. The van der Waals surface area contributed by atoms with Crippen LogP contribution in [0.3, 0.4) is 0 Å². The molecule has 7 heteroatoms. The summed E-state index contributed by atoms with van der Waals surface area (Å²) in [6, 6.07) is 8.70. The Morgan fingerprint density at radius 2 is 2.05 bits per heavy atom. The van der Waals surface area contributed by atoms with E-state index in [0.717, 1.165) is 4.47 Å². The Hall–Kier alpha value is -1.66. The fourth-order valence-corrected chi connectivity index (χ4v) is 2.26. The van der Waals surface area contributed by atoms with Gasteiger partial charge in [0.25, 0.3) is 5.69 Å². The third-order valence-electron chi connectivity index (χ3n) is 2.63. The highest BCUT2D eigenvalue weighted by molar-refractivity contribution is 9.10. The lowest BCUT2D eigenvalue weighted by Gasteiger charge is -2.09. The maximum absolute atomic E-state index is 13.6. The van der Waals surface area contributed by atoms with Crippen LogP contribution >= 0.6 is 27.5 Å². The fraction of sp³-hybridized carbons (Fsp3) is 0.0769. The highest BCUT2D eigenvalue weighted by Crippen LogP contribution is 2.28. The van der Waals surface area contributed by atoms with Gasteiger partial charge >= 0.3 is 0 Å². The van der Waals surface area contributed by atoms with Gasteiger partial charge < -0.3 is 5.32 Å². The lowest BCUT2D eigenvalue weighted by molar-refractivity contribution is -0.384. The number of hydrogen-bond donors (Lipinski definition) is 1. The third-order valence-corrected chi connectivity index (χ3v) is 3.36. The van der Waals surface area contributed by atoms with Gasteiger partial charge in [-0.3, -0.25) is 10.1 Å². The van der Waals surface area contributed by atoms with Gasteiger partial charge in [0.2, 0.25) is 0 Å². The summed E-state index contributed by atoms with van der Waals surface area (Å²) < 4.78 is 14.3. The number of benzene rings is 2. The minimum atomic E-state index is -0.518. The number of anilines is 1. The molecule has 0 aromatic heterocycles. The van der Waals surface area contributed by atoms with E-state index in [1.165, 1.54) is 24.3 Å². The number of nitrogens with zero attached hydrogens (tertiary/aromatic N) is 1. The van der Waals surface area contributed by atoms with Crippen molar-refractivity contribution in [1.29, 1.82) is 0 Å². The van der Waals surface area contributed by atoms with E-state index in [1.54, 1.807) is 12.1 Å². The quantitative estimate of drug-likeness (QED) is 0.632. The first kappa shape index (κ1) is 14.7. The minimum Gasteiger partial charge on any atom is -0.375 e. The zero-order valence-corrected chi connectivity index (χ0v) is 12.4. The van der Waals surface area contributed by atoms with Crippen molar-refractivity contribution in [3.8, 4) is 0 Å². The lowest BCUT2D eigenvalue weighted by atomic mass is 10.2. The van der Waals surface area contributed by atoms with E-state index < -0.39 is 4.92 Å². The van der Waals surface area contributed by atoms with Gasteiger partial charge in [-0.1, -0.05) is 27.5 Å².